The lowest BCUT2D eigenvalue weighted by Gasteiger charge is -1.95. The minimum absolute atomic E-state index is 1.18. The molecule has 0 bridgehead atoms. The van der Waals surface area contributed by atoms with Gasteiger partial charge in [0.1, 0.15) is 0 Å². The molecule has 0 aliphatic carbocycles. The summed E-state index contributed by atoms with van der Waals surface area (Å²) >= 11 is 0. The van der Waals surface area contributed by atoms with Crippen molar-refractivity contribution in [1.82, 2.24) is 4.90 Å². The van der Waals surface area contributed by atoms with Gasteiger partial charge in [0.25, 0.3) is 0 Å². The van der Waals surface area contributed by atoms with Crippen LogP contribution in [-0.4, -0.2) is 19.0 Å². The number of rotatable bonds is 1. The van der Waals surface area contributed by atoms with Crippen LogP contribution < -0.4 is 0 Å². The summed E-state index contributed by atoms with van der Waals surface area (Å²) in [5.74, 6) is 2.93. The summed E-state index contributed by atoms with van der Waals surface area (Å²) in [5, 5.41) is 0. The number of allylic oxidation sites excluding steroid dienone is 1. The molecule has 13 heavy (non-hydrogen) atoms. The first kappa shape index (κ1) is 9.41. The van der Waals surface area contributed by atoms with Gasteiger partial charge in [0, 0.05) is 20.1 Å². The van der Waals surface area contributed by atoms with E-state index in [0.29, 0.717) is 0 Å². The summed E-state index contributed by atoms with van der Waals surface area (Å²) in [6, 6.07) is 13.0. The van der Waals surface area contributed by atoms with Gasteiger partial charge in [-0.3, -0.25) is 0 Å². The molecule has 0 fully saturated rings. The molecule has 0 N–H and O–H groups in total. The first-order valence-corrected chi connectivity index (χ1v) is 4.19. The Labute approximate surface area is 79.7 Å². The second-order valence-electron chi connectivity index (χ2n) is 2.89. The smallest absolute Gasteiger partial charge is 0.0144 e. The van der Waals surface area contributed by atoms with Gasteiger partial charge in [0.15, 0.2) is 0 Å². The summed E-state index contributed by atoms with van der Waals surface area (Å²) in [7, 11) is 3.84. The average Bonchev–Trinajstić information content (AvgIpc) is 2.14. The first-order valence-electron chi connectivity index (χ1n) is 4.19. The summed E-state index contributed by atoms with van der Waals surface area (Å²) in [6.45, 7) is 0. The Morgan fingerprint density at radius 1 is 1.15 bits per heavy atom. The molecule has 0 aliphatic heterocycles. The largest absolute Gasteiger partial charge is 0.338 e. The highest BCUT2D eigenvalue weighted by molar-refractivity contribution is 5.52. The molecular weight excluding hydrogens is 158 g/mol. The third-order valence-corrected chi connectivity index (χ3v) is 1.45. The molecule has 1 rings (SSSR count). The van der Waals surface area contributed by atoms with Crippen molar-refractivity contribution in [1.29, 1.82) is 0 Å². The van der Waals surface area contributed by atoms with Crippen LogP contribution in [0.3, 0.4) is 0 Å². The second kappa shape index (κ2) is 5.05. The van der Waals surface area contributed by atoms with Crippen LogP contribution in [0.1, 0.15) is 5.56 Å². The molecule has 1 aromatic rings. The topological polar surface area (TPSA) is 3.24 Å². The highest BCUT2D eigenvalue weighted by Gasteiger charge is 1.79. The van der Waals surface area contributed by atoms with Gasteiger partial charge in [-0.05, 0) is 17.7 Å². The van der Waals surface area contributed by atoms with Crippen molar-refractivity contribution < 1.29 is 0 Å². The molecule has 0 amide bonds. The van der Waals surface area contributed by atoms with Gasteiger partial charge >= 0.3 is 0 Å². The van der Waals surface area contributed by atoms with Crippen LogP contribution in [0, 0.1) is 12.0 Å². The van der Waals surface area contributed by atoms with Crippen LogP contribution in [0.15, 0.2) is 36.4 Å². The van der Waals surface area contributed by atoms with Gasteiger partial charge in [-0.2, -0.15) is 0 Å². The van der Waals surface area contributed by atoms with E-state index >= 15 is 0 Å². The van der Waals surface area contributed by atoms with Gasteiger partial charge in [-0.25, -0.2) is 0 Å². The van der Waals surface area contributed by atoms with E-state index in [4.69, 9.17) is 0 Å². The molecule has 0 aromatic heterocycles. The van der Waals surface area contributed by atoms with E-state index in [1.54, 1.807) is 0 Å². The van der Waals surface area contributed by atoms with E-state index in [2.05, 4.69) is 12.0 Å². The maximum atomic E-state index is 2.93. The SMILES string of the molecule is CN(C)C#C/C=C/c1ccccc1. The predicted octanol–water partition coefficient (Wildman–Crippen LogP) is 2.22. The van der Waals surface area contributed by atoms with Crippen molar-refractivity contribution in [3.8, 4) is 12.0 Å². The Morgan fingerprint density at radius 2 is 1.85 bits per heavy atom. The van der Waals surface area contributed by atoms with Gasteiger partial charge in [-0.15, -0.1) is 0 Å². The van der Waals surface area contributed by atoms with E-state index in [9.17, 15) is 0 Å². The number of benzene rings is 1. The van der Waals surface area contributed by atoms with Crippen LogP contribution in [-0.2, 0) is 0 Å². The lowest BCUT2D eigenvalue weighted by molar-refractivity contribution is 0.597. The predicted molar refractivity (Wildman–Crippen MR) is 56.9 cm³/mol. The number of hydrogen-bond donors (Lipinski definition) is 0. The second-order valence-corrected chi connectivity index (χ2v) is 2.89. The van der Waals surface area contributed by atoms with Crippen LogP contribution in [0.2, 0.25) is 0 Å². The molecule has 1 nitrogen and oxygen atoms in total. The molecule has 0 heterocycles. The quantitative estimate of drug-likeness (QED) is 0.462. The van der Waals surface area contributed by atoms with Crippen molar-refractivity contribution in [2.24, 2.45) is 0 Å². The zero-order valence-electron chi connectivity index (χ0n) is 7.99. The lowest BCUT2D eigenvalue weighted by atomic mass is 10.2. The van der Waals surface area contributed by atoms with E-state index in [1.165, 1.54) is 5.56 Å². The third-order valence-electron chi connectivity index (χ3n) is 1.45. The summed E-state index contributed by atoms with van der Waals surface area (Å²) in [5.41, 5.74) is 1.18. The van der Waals surface area contributed by atoms with Crippen molar-refractivity contribution >= 4 is 6.08 Å². The van der Waals surface area contributed by atoms with Crippen molar-refractivity contribution in [3.05, 3.63) is 42.0 Å². The van der Waals surface area contributed by atoms with Crippen LogP contribution in [0.25, 0.3) is 6.08 Å². The zero-order chi connectivity index (χ0) is 9.52. The molecule has 0 spiro atoms. The van der Waals surface area contributed by atoms with Gasteiger partial charge in [0.05, 0.1) is 0 Å². The van der Waals surface area contributed by atoms with Gasteiger partial charge in [-0.1, -0.05) is 36.3 Å². The molecule has 0 saturated carbocycles. The summed E-state index contributed by atoms with van der Waals surface area (Å²) in [4.78, 5) is 1.83. The molecule has 0 atom stereocenters. The molecule has 1 heteroatoms. The fourth-order valence-electron chi connectivity index (χ4n) is 0.868. The van der Waals surface area contributed by atoms with Crippen LogP contribution >= 0.6 is 0 Å². The highest BCUT2D eigenvalue weighted by atomic mass is 15.0. The van der Waals surface area contributed by atoms with Gasteiger partial charge < -0.3 is 4.90 Å². The molecule has 66 valence electrons. The Balaban J connectivity index is 2.57. The Bertz CT molecular complexity index is 325. The Hall–Kier alpha value is -1.68. The third kappa shape index (κ3) is 4.03. The highest BCUT2D eigenvalue weighted by Crippen LogP contribution is 1.99. The molecule has 0 unspecified atom stereocenters. The molecule has 0 saturated heterocycles. The lowest BCUT2D eigenvalue weighted by Crippen LogP contribution is -2.00. The monoisotopic (exact) mass is 171 g/mol. The Kier molecular flexibility index (Phi) is 3.66. The maximum Gasteiger partial charge on any atom is 0.0144 e. The van der Waals surface area contributed by atoms with Crippen LogP contribution in [0.5, 0.6) is 0 Å². The van der Waals surface area contributed by atoms with E-state index in [0.717, 1.165) is 0 Å². The molecule has 0 radical (unpaired) electrons. The van der Waals surface area contributed by atoms with E-state index < -0.39 is 0 Å². The average molecular weight is 171 g/mol. The van der Waals surface area contributed by atoms with Gasteiger partial charge in [0.2, 0.25) is 0 Å². The Morgan fingerprint density at radius 3 is 2.46 bits per heavy atom. The fourth-order valence-corrected chi connectivity index (χ4v) is 0.868. The maximum absolute atomic E-state index is 2.93. The van der Waals surface area contributed by atoms with E-state index in [-0.39, 0.29) is 0 Å². The van der Waals surface area contributed by atoms with E-state index in [1.807, 2.05) is 61.5 Å². The first-order chi connectivity index (χ1) is 6.29. The van der Waals surface area contributed by atoms with Crippen molar-refractivity contribution in [3.63, 3.8) is 0 Å². The molecule has 1 aromatic carbocycles. The fraction of sp³-hybridized carbons (Fsp3) is 0.167. The van der Waals surface area contributed by atoms with Crippen LogP contribution in [0.4, 0.5) is 0 Å². The zero-order valence-corrected chi connectivity index (χ0v) is 7.99. The minimum atomic E-state index is 1.18. The number of nitrogens with zero attached hydrogens (tertiary/aromatic N) is 1. The minimum Gasteiger partial charge on any atom is -0.338 e. The normalized spacial score (nSPS) is 9.38. The van der Waals surface area contributed by atoms with Crippen molar-refractivity contribution in [2.45, 2.75) is 0 Å². The number of hydrogen-bond acceptors (Lipinski definition) is 1. The molecular formula is C12H13N. The van der Waals surface area contributed by atoms with Crippen molar-refractivity contribution in [2.75, 3.05) is 14.1 Å². The summed E-state index contributed by atoms with van der Waals surface area (Å²) < 4.78 is 0. The summed E-state index contributed by atoms with van der Waals surface area (Å²) in [6.07, 6.45) is 3.85. The standard InChI is InChI=1S/C12H13N/c1-13(2)11-7-6-10-12-8-4-3-5-9-12/h3-6,8-10H,1-2H3/b10-6+. The molecule has 0 aliphatic rings.